The quantitative estimate of drug-likeness (QED) is 0.581. The maximum atomic E-state index is 10.3. The summed E-state index contributed by atoms with van der Waals surface area (Å²) in [5, 5.41) is 13.5. The van der Waals surface area contributed by atoms with E-state index < -0.39 is 4.92 Å². The van der Waals surface area contributed by atoms with Crippen LogP contribution in [0.3, 0.4) is 0 Å². The Hall–Kier alpha value is -1.36. The van der Waals surface area contributed by atoms with E-state index in [1.54, 1.807) is 6.07 Å². The Labute approximate surface area is 82.3 Å². The van der Waals surface area contributed by atoms with Gasteiger partial charge >= 0.3 is 5.88 Å². The summed E-state index contributed by atoms with van der Waals surface area (Å²) < 4.78 is 4.98. The van der Waals surface area contributed by atoms with Crippen molar-refractivity contribution in [3.05, 3.63) is 28.0 Å². The summed E-state index contributed by atoms with van der Waals surface area (Å²) in [6, 6.07) is 3.38. The van der Waals surface area contributed by atoms with Gasteiger partial charge in [0.15, 0.2) is 0 Å². The number of furan rings is 1. The zero-order valence-corrected chi connectivity index (χ0v) is 8.32. The molecule has 0 bridgehead atoms. The fourth-order valence-corrected chi connectivity index (χ4v) is 0.979. The van der Waals surface area contributed by atoms with Crippen LogP contribution < -0.4 is 5.32 Å². The first kappa shape index (κ1) is 10.7. The maximum Gasteiger partial charge on any atom is 0.433 e. The molecule has 0 amide bonds. The van der Waals surface area contributed by atoms with Crippen LogP contribution in [0.15, 0.2) is 16.5 Å². The van der Waals surface area contributed by atoms with Crippen LogP contribution in [0.4, 0.5) is 5.88 Å². The van der Waals surface area contributed by atoms with Crippen molar-refractivity contribution < 1.29 is 9.34 Å². The van der Waals surface area contributed by atoms with E-state index in [1.165, 1.54) is 6.07 Å². The molecular weight excluding hydrogens is 184 g/mol. The van der Waals surface area contributed by atoms with Crippen LogP contribution in [0.1, 0.15) is 26.0 Å². The monoisotopic (exact) mass is 198 g/mol. The van der Waals surface area contributed by atoms with Crippen LogP contribution in [-0.4, -0.2) is 11.0 Å². The van der Waals surface area contributed by atoms with E-state index in [1.807, 2.05) is 0 Å². The van der Waals surface area contributed by atoms with Gasteiger partial charge in [0.25, 0.3) is 0 Å². The second-order valence-electron chi connectivity index (χ2n) is 3.19. The summed E-state index contributed by atoms with van der Waals surface area (Å²) in [5.41, 5.74) is 0. The van der Waals surface area contributed by atoms with E-state index in [2.05, 4.69) is 19.2 Å². The molecule has 78 valence electrons. The summed E-state index contributed by atoms with van der Waals surface area (Å²) in [4.78, 5) is 9.76. The highest BCUT2D eigenvalue weighted by molar-refractivity contribution is 5.17. The second-order valence-corrected chi connectivity index (χ2v) is 3.19. The Morgan fingerprint density at radius 2 is 2.36 bits per heavy atom. The summed E-state index contributed by atoms with van der Waals surface area (Å²) in [7, 11) is 0. The van der Waals surface area contributed by atoms with E-state index >= 15 is 0 Å². The highest BCUT2D eigenvalue weighted by Crippen LogP contribution is 2.15. The topological polar surface area (TPSA) is 68.3 Å². The lowest BCUT2D eigenvalue weighted by molar-refractivity contribution is -0.402. The van der Waals surface area contributed by atoms with E-state index in [0.717, 1.165) is 6.42 Å². The number of hydrogen-bond acceptors (Lipinski definition) is 4. The normalized spacial score (nSPS) is 12.7. The molecule has 0 aliphatic heterocycles. The Morgan fingerprint density at radius 1 is 1.64 bits per heavy atom. The van der Waals surface area contributed by atoms with Crippen LogP contribution >= 0.6 is 0 Å². The molecule has 0 saturated heterocycles. The molecule has 1 aromatic heterocycles. The molecule has 5 heteroatoms. The van der Waals surface area contributed by atoms with Crippen LogP contribution in [0.5, 0.6) is 0 Å². The third-order valence-electron chi connectivity index (χ3n) is 2.06. The van der Waals surface area contributed by atoms with Crippen molar-refractivity contribution in [2.45, 2.75) is 32.9 Å². The Balaban J connectivity index is 2.48. The van der Waals surface area contributed by atoms with E-state index in [4.69, 9.17) is 4.42 Å². The molecule has 1 N–H and O–H groups in total. The SMILES string of the molecule is CCC(C)NCc1ccc([N+](=O)[O-])o1. The minimum absolute atomic E-state index is 0.203. The van der Waals surface area contributed by atoms with Gasteiger partial charge in [0.05, 0.1) is 12.6 Å². The molecule has 0 aliphatic carbocycles. The minimum atomic E-state index is -0.535. The molecule has 5 nitrogen and oxygen atoms in total. The number of rotatable bonds is 5. The smallest absolute Gasteiger partial charge is 0.404 e. The van der Waals surface area contributed by atoms with Gasteiger partial charge in [-0.05, 0) is 19.4 Å². The van der Waals surface area contributed by atoms with Crippen molar-refractivity contribution in [2.24, 2.45) is 0 Å². The molecule has 1 atom stereocenters. The average Bonchev–Trinajstić information content (AvgIpc) is 2.62. The molecule has 0 saturated carbocycles. The second kappa shape index (κ2) is 4.76. The summed E-state index contributed by atoms with van der Waals surface area (Å²) >= 11 is 0. The van der Waals surface area contributed by atoms with Gasteiger partial charge in [0.1, 0.15) is 10.7 Å². The third kappa shape index (κ3) is 2.85. The fourth-order valence-electron chi connectivity index (χ4n) is 0.979. The zero-order valence-electron chi connectivity index (χ0n) is 8.32. The Bertz CT molecular complexity index is 309. The standard InChI is InChI=1S/C9H14N2O3/c1-3-7(2)10-6-8-4-5-9(14-8)11(12)13/h4-5,7,10H,3,6H2,1-2H3. The molecule has 1 heterocycles. The number of nitrogens with zero attached hydrogens (tertiary/aromatic N) is 1. The molecule has 0 aliphatic rings. The molecule has 1 aromatic rings. The van der Waals surface area contributed by atoms with Gasteiger partial charge in [-0.3, -0.25) is 10.1 Å². The first-order valence-electron chi connectivity index (χ1n) is 4.60. The largest absolute Gasteiger partial charge is 0.433 e. The van der Waals surface area contributed by atoms with Crippen molar-refractivity contribution in [3.63, 3.8) is 0 Å². The lowest BCUT2D eigenvalue weighted by Gasteiger charge is -2.08. The minimum Gasteiger partial charge on any atom is -0.404 e. The van der Waals surface area contributed by atoms with Gasteiger partial charge in [-0.25, -0.2) is 0 Å². The predicted octanol–water partition coefficient (Wildman–Crippen LogP) is 2.08. The molecule has 1 rings (SSSR count). The molecular formula is C9H14N2O3. The van der Waals surface area contributed by atoms with Gasteiger partial charge in [0, 0.05) is 6.04 Å². The van der Waals surface area contributed by atoms with Gasteiger partial charge in [-0.2, -0.15) is 0 Å². The Kier molecular flexibility index (Phi) is 3.64. The fraction of sp³-hybridized carbons (Fsp3) is 0.556. The van der Waals surface area contributed by atoms with Crippen LogP contribution in [0, 0.1) is 10.1 Å². The lowest BCUT2D eigenvalue weighted by Crippen LogP contribution is -2.24. The highest BCUT2D eigenvalue weighted by atomic mass is 16.6. The van der Waals surface area contributed by atoms with Gasteiger partial charge in [-0.15, -0.1) is 0 Å². The summed E-state index contributed by atoms with van der Waals surface area (Å²) in [6.45, 7) is 4.66. The van der Waals surface area contributed by atoms with Crippen LogP contribution in [0.25, 0.3) is 0 Å². The van der Waals surface area contributed by atoms with Crippen molar-refractivity contribution in [3.8, 4) is 0 Å². The highest BCUT2D eigenvalue weighted by Gasteiger charge is 2.11. The third-order valence-corrected chi connectivity index (χ3v) is 2.06. The number of hydrogen-bond donors (Lipinski definition) is 1. The van der Waals surface area contributed by atoms with E-state index in [-0.39, 0.29) is 5.88 Å². The Morgan fingerprint density at radius 3 is 2.86 bits per heavy atom. The first-order chi connectivity index (χ1) is 6.63. The molecule has 0 fully saturated rings. The van der Waals surface area contributed by atoms with E-state index in [0.29, 0.717) is 18.3 Å². The van der Waals surface area contributed by atoms with Crippen molar-refractivity contribution in [1.29, 1.82) is 0 Å². The summed E-state index contributed by atoms with van der Waals surface area (Å²) in [5.74, 6) is 0.392. The molecule has 0 aromatic carbocycles. The van der Waals surface area contributed by atoms with Gasteiger partial charge in [-0.1, -0.05) is 6.92 Å². The maximum absolute atomic E-state index is 10.3. The van der Waals surface area contributed by atoms with Crippen molar-refractivity contribution >= 4 is 5.88 Å². The lowest BCUT2D eigenvalue weighted by atomic mass is 10.2. The molecule has 0 radical (unpaired) electrons. The molecule has 1 unspecified atom stereocenters. The first-order valence-corrected chi connectivity index (χ1v) is 4.60. The zero-order chi connectivity index (χ0) is 10.6. The molecule has 0 spiro atoms. The average molecular weight is 198 g/mol. The summed E-state index contributed by atoms with van der Waals surface area (Å²) in [6.07, 6.45) is 1.02. The number of nitrogens with one attached hydrogen (secondary N) is 1. The molecule has 14 heavy (non-hydrogen) atoms. The predicted molar refractivity (Wildman–Crippen MR) is 52.0 cm³/mol. The van der Waals surface area contributed by atoms with Crippen LogP contribution in [-0.2, 0) is 6.54 Å². The van der Waals surface area contributed by atoms with Crippen LogP contribution in [0.2, 0.25) is 0 Å². The van der Waals surface area contributed by atoms with E-state index in [9.17, 15) is 10.1 Å². The van der Waals surface area contributed by atoms with Crippen molar-refractivity contribution in [2.75, 3.05) is 0 Å². The number of nitro groups is 1. The van der Waals surface area contributed by atoms with Gasteiger partial charge in [0.2, 0.25) is 0 Å². The van der Waals surface area contributed by atoms with Crippen molar-refractivity contribution in [1.82, 2.24) is 5.32 Å². The van der Waals surface area contributed by atoms with Gasteiger partial charge < -0.3 is 9.73 Å².